The van der Waals surface area contributed by atoms with Gasteiger partial charge in [0.2, 0.25) is 0 Å². The largest absolute Gasteiger partial charge is 2.00 e. The van der Waals surface area contributed by atoms with Crippen molar-refractivity contribution < 1.29 is 20.4 Å². The monoisotopic (exact) mass is 1410 g/mol. The standard InChI is InChI=1S/C100H52N4.Pd/c1-2-22-74-73(21-1)93-89(69-45-61-37-29-53-13-9-14-54-30-38-62(46-69)85(61)81(53)54)95-75-23-3-4-24-76(75)97(102-95)91(71-49-65-41-33-57-17-11-18-58-34-42-66(50-71)87(65)83(57)58)99-79-27-7-8-28-80(79)100(104-99)92(72-51-67-43-35-59-19-12-20-60-36-44-68(52-72)88(67)84(59)60)98-78-26-6-5-25-77(78)96(103-98)90(94(74)101-93)70-47-63-39-31-55-15-10-16-56-32-40-64(48-70)86(63)82(55)56;/h1-52H;/q-2;+2. The van der Waals surface area contributed by atoms with E-state index >= 15 is 0 Å². The third-order valence-electron chi connectivity index (χ3n) is 23.5. The first-order valence-corrected chi connectivity index (χ1v) is 36.0. The smallest absolute Gasteiger partial charge is 0.656 e. The average molecular weight is 1420 g/mol. The molecular formula is C100H52N4Pd. The zero-order valence-electron chi connectivity index (χ0n) is 56.1. The SMILES string of the molecule is [Pd+2].c1ccc2c(c1)-c1nc-2c(-c2cc3ccc4cccc5ccc(c2)c3c45)c2[n-]c(c(-c3cc4ccc5cccc6ccc(c3)c4c56)c3nc(c(-c4cc5ccc6cccc7ccc(c4)c5c67)c4[n-]c(c1-c1cc5ccc6cccc7ccc(c1)c5c67)c1ccccc41)-c1ccccc1-3)c1ccccc21. The molecule has 482 valence electrons. The van der Waals surface area contributed by atoms with Gasteiger partial charge in [-0.25, -0.2) is 9.97 Å². The minimum atomic E-state index is 0. The molecule has 0 amide bonds. The van der Waals surface area contributed by atoms with Crippen molar-refractivity contribution >= 4 is 173 Å². The summed E-state index contributed by atoms with van der Waals surface area (Å²) in [5, 5.41) is 33.3. The van der Waals surface area contributed by atoms with Crippen LogP contribution in [-0.2, 0) is 20.4 Å². The van der Waals surface area contributed by atoms with Crippen LogP contribution in [0.2, 0.25) is 0 Å². The van der Waals surface area contributed by atoms with Gasteiger partial charge in [0.05, 0.1) is 22.8 Å². The fourth-order valence-electron chi connectivity index (χ4n) is 19.2. The van der Waals surface area contributed by atoms with Crippen LogP contribution >= 0.6 is 0 Å². The zero-order chi connectivity index (χ0) is 67.3. The molecular weight excluding hydrogens is 1360 g/mol. The quantitative estimate of drug-likeness (QED) is 0.130. The summed E-state index contributed by atoms with van der Waals surface area (Å²) in [5.41, 5.74) is 18.8. The maximum Gasteiger partial charge on any atom is 2.00 e. The summed E-state index contributed by atoms with van der Waals surface area (Å²) >= 11 is 0. The Bertz CT molecular complexity index is 6810. The molecule has 3 aliphatic rings. The second-order valence-electron chi connectivity index (χ2n) is 28.9. The van der Waals surface area contributed by atoms with E-state index in [2.05, 4.69) is 315 Å². The fraction of sp³-hybridized carbons (Fsp3) is 0. The van der Waals surface area contributed by atoms with Crippen LogP contribution in [0.3, 0.4) is 0 Å². The van der Waals surface area contributed by atoms with E-state index in [1.54, 1.807) is 0 Å². The third-order valence-corrected chi connectivity index (χ3v) is 23.5. The zero-order valence-corrected chi connectivity index (χ0v) is 57.7. The van der Waals surface area contributed by atoms with Crippen molar-refractivity contribution in [3.63, 3.8) is 0 Å². The number of hydrogen-bond acceptors (Lipinski definition) is 2. The summed E-state index contributed by atoms with van der Waals surface area (Å²) in [4.78, 5) is 25.5. The number of nitrogens with zero attached hydrogens (tertiary/aromatic N) is 4. The summed E-state index contributed by atoms with van der Waals surface area (Å²) < 4.78 is 0. The van der Waals surface area contributed by atoms with Gasteiger partial charge in [-0.2, -0.15) is 0 Å². The Hall–Kier alpha value is -13.1. The molecule has 0 fully saturated rings. The Balaban J connectivity index is 0.00000655. The van der Waals surface area contributed by atoms with Gasteiger partial charge in [0.15, 0.2) is 0 Å². The molecule has 0 radical (unpaired) electrons. The van der Waals surface area contributed by atoms with E-state index < -0.39 is 0 Å². The van der Waals surface area contributed by atoms with Crippen LogP contribution in [0.25, 0.3) is 262 Å². The average Bonchev–Trinajstić information content (AvgIpc) is 1.66. The van der Waals surface area contributed by atoms with E-state index in [1.807, 2.05) is 0 Å². The molecule has 0 unspecified atom stereocenters. The molecule has 4 heterocycles. The molecule has 0 saturated heterocycles. The first-order chi connectivity index (χ1) is 51.5. The molecule has 2 aliphatic heterocycles. The van der Waals surface area contributed by atoms with E-state index in [4.69, 9.17) is 19.9 Å². The molecule has 105 heavy (non-hydrogen) atoms. The normalized spacial score (nSPS) is 12.5. The van der Waals surface area contributed by atoms with Crippen LogP contribution in [0, 0.1) is 0 Å². The summed E-state index contributed by atoms with van der Waals surface area (Å²) in [6.45, 7) is 0. The van der Waals surface area contributed by atoms with Gasteiger partial charge in [-0.3, -0.25) is 0 Å². The predicted molar refractivity (Wildman–Crippen MR) is 439 cm³/mol. The van der Waals surface area contributed by atoms with Gasteiger partial charge in [-0.1, -0.05) is 267 Å². The molecule has 4 nitrogen and oxygen atoms in total. The van der Waals surface area contributed by atoms with Crippen LogP contribution in [0.4, 0.5) is 0 Å². The molecule has 5 heteroatoms. The Kier molecular flexibility index (Phi) is 11.5. The van der Waals surface area contributed by atoms with Crippen LogP contribution in [0.5, 0.6) is 0 Å². The Morgan fingerprint density at radius 1 is 0.171 bits per heavy atom. The first kappa shape index (κ1) is 57.5. The van der Waals surface area contributed by atoms with E-state index in [0.29, 0.717) is 0 Å². The van der Waals surface area contributed by atoms with Crippen molar-refractivity contribution in [2.24, 2.45) is 0 Å². The molecule has 0 spiro atoms. The van der Waals surface area contributed by atoms with Gasteiger partial charge in [-0.05, 0) is 244 Å². The summed E-state index contributed by atoms with van der Waals surface area (Å²) in [6.07, 6.45) is 0. The number of hydrogen-bond donors (Lipinski definition) is 0. The molecule has 0 saturated carbocycles. The van der Waals surface area contributed by atoms with Crippen molar-refractivity contribution in [2.45, 2.75) is 0 Å². The summed E-state index contributed by atoms with van der Waals surface area (Å²) in [6, 6.07) is 118. The van der Waals surface area contributed by atoms with E-state index in [-0.39, 0.29) is 20.4 Å². The van der Waals surface area contributed by atoms with E-state index in [9.17, 15) is 0 Å². The van der Waals surface area contributed by atoms with Crippen LogP contribution in [0.15, 0.2) is 315 Å². The van der Waals surface area contributed by atoms with Crippen molar-refractivity contribution in [2.75, 3.05) is 0 Å². The summed E-state index contributed by atoms with van der Waals surface area (Å²) in [7, 11) is 0. The van der Waals surface area contributed by atoms with Crippen LogP contribution in [-0.4, -0.2) is 9.97 Å². The Labute approximate surface area is 613 Å². The maximum absolute atomic E-state index is 6.36. The van der Waals surface area contributed by atoms with Crippen LogP contribution in [0.1, 0.15) is 0 Å². The molecule has 25 rings (SSSR count). The van der Waals surface area contributed by atoms with Crippen molar-refractivity contribution in [3.05, 3.63) is 315 Å². The van der Waals surface area contributed by atoms with Gasteiger partial charge >= 0.3 is 20.4 Å². The van der Waals surface area contributed by atoms with E-state index in [0.717, 1.165) is 176 Å². The van der Waals surface area contributed by atoms with Gasteiger partial charge in [0, 0.05) is 22.3 Å². The second kappa shape index (κ2) is 21.0. The fourth-order valence-corrected chi connectivity index (χ4v) is 19.2. The third kappa shape index (κ3) is 7.82. The Morgan fingerprint density at radius 2 is 0.343 bits per heavy atom. The summed E-state index contributed by atoms with van der Waals surface area (Å²) in [5.74, 6) is 0. The molecule has 20 aromatic carbocycles. The van der Waals surface area contributed by atoms with Gasteiger partial charge < -0.3 is 9.97 Å². The minimum absolute atomic E-state index is 0. The Morgan fingerprint density at radius 3 is 0.543 bits per heavy atom. The molecule has 0 atom stereocenters. The molecule has 0 N–H and O–H groups in total. The van der Waals surface area contributed by atoms with Gasteiger partial charge in [0.25, 0.3) is 0 Å². The van der Waals surface area contributed by atoms with Crippen molar-refractivity contribution in [1.82, 2.24) is 19.9 Å². The van der Waals surface area contributed by atoms with Crippen molar-refractivity contribution in [1.29, 1.82) is 0 Å². The molecule has 22 aromatic rings. The number of rotatable bonds is 4. The van der Waals surface area contributed by atoms with Gasteiger partial charge in [0.1, 0.15) is 0 Å². The molecule has 1 aliphatic carbocycles. The first-order valence-electron chi connectivity index (χ1n) is 36.0. The second-order valence-corrected chi connectivity index (χ2v) is 28.9. The molecule has 2 aromatic heterocycles. The van der Waals surface area contributed by atoms with E-state index in [1.165, 1.54) is 86.2 Å². The topological polar surface area (TPSA) is 54.0 Å². The number of benzene rings is 20. The van der Waals surface area contributed by atoms with Crippen molar-refractivity contribution in [3.8, 4) is 89.5 Å². The number of aromatic nitrogens is 4. The maximum atomic E-state index is 6.36. The minimum Gasteiger partial charge on any atom is -0.656 e. The predicted octanol–water partition coefficient (Wildman–Crippen LogP) is 26.8. The van der Waals surface area contributed by atoms with Gasteiger partial charge in [-0.15, -0.1) is 22.1 Å². The molecule has 8 bridgehead atoms. The van der Waals surface area contributed by atoms with Crippen LogP contribution < -0.4 is 9.97 Å².